The molecular formula is C28H24N4O. The Morgan fingerprint density at radius 3 is 2.42 bits per heavy atom. The molecule has 0 saturated carbocycles. The van der Waals surface area contributed by atoms with Crippen molar-refractivity contribution >= 4 is 33.1 Å². The zero-order valence-electron chi connectivity index (χ0n) is 19.1. The molecule has 6 rings (SSSR count). The Hall–Kier alpha value is -3.99. The molecule has 0 amide bonds. The van der Waals surface area contributed by atoms with Crippen LogP contribution < -0.4 is 0 Å². The second kappa shape index (κ2) is 7.01. The quantitative estimate of drug-likeness (QED) is 0.296. The summed E-state index contributed by atoms with van der Waals surface area (Å²) in [6.07, 6.45) is 1.85. The first-order chi connectivity index (χ1) is 15.9. The number of fused-ring (bicyclic) bond motifs is 4. The van der Waals surface area contributed by atoms with Crippen LogP contribution in [0.5, 0.6) is 0 Å². The fraction of sp³-hybridized carbons (Fsp3) is 0.179. The molecule has 0 unspecified atom stereocenters. The Bertz CT molecular complexity index is 1650. The molecule has 2 aromatic carbocycles. The number of benzene rings is 2. The predicted octanol–water partition coefficient (Wildman–Crippen LogP) is 6.99. The molecule has 0 radical (unpaired) electrons. The molecule has 4 aromatic heterocycles. The summed E-state index contributed by atoms with van der Waals surface area (Å²) in [4.78, 5) is 14.5. The van der Waals surface area contributed by atoms with Crippen molar-refractivity contribution in [2.24, 2.45) is 0 Å². The van der Waals surface area contributed by atoms with Crippen LogP contribution in [0.1, 0.15) is 32.2 Å². The summed E-state index contributed by atoms with van der Waals surface area (Å²) >= 11 is 0. The second-order valence-corrected chi connectivity index (χ2v) is 9.47. The third kappa shape index (κ3) is 3.04. The van der Waals surface area contributed by atoms with Gasteiger partial charge in [-0.15, -0.1) is 0 Å². The molecule has 0 fully saturated rings. The number of aryl methyl sites for hydroxylation is 1. The SMILES string of the molecule is Cc1ccc2c(n1)oc1c(-c3nc4ccnc(C(C)(C)C)c4n3-c3ccccc3)cccc12. The standard InChI is InChI=1S/C28H24N4O/c1-17-13-14-20-19-11-8-12-21(24(19)33-27(20)30-17)26-31-22-15-16-29-25(28(2,3)4)23(22)32(26)18-9-6-5-7-10-18/h5-16H,1-4H3. The molecule has 6 aromatic rings. The molecule has 0 aliphatic heterocycles. The van der Waals surface area contributed by atoms with E-state index in [4.69, 9.17) is 14.4 Å². The minimum absolute atomic E-state index is 0.143. The van der Waals surface area contributed by atoms with Gasteiger partial charge >= 0.3 is 0 Å². The molecule has 0 N–H and O–H groups in total. The third-order valence-corrected chi connectivity index (χ3v) is 6.03. The zero-order chi connectivity index (χ0) is 22.7. The van der Waals surface area contributed by atoms with E-state index in [2.05, 4.69) is 66.7 Å². The summed E-state index contributed by atoms with van der Waals surface area (Å²) in [6, 6.07) is 22.6. The number of imidazole rings is 1. The van der Waals surface area contributed by atoms with E-state index >= 15 is 0 Å². The first-order valence-corrected chi connectivity index (χ1v) is 11.1. The number of furan rings is 1. The van der Waals surface area contributed by atoms with Crippen LogP contribution in [0.25, 0.3) is 50.2 Å². The fourth-order valence-corrected chi connectivity index (χ4v) is 4.53. The van der Waals surface area contributed by atoms with Crippen molar-refractivity contribution in [3.8, 4) is 17.1 Å². The topological polar surface area (TPSA) is 56.7 Å². The monoisotopic (exact) mass is 432 g/mol. The van der Waals surface area contributed by atoms with Crippen LogP contribution >= 0.6 is 0 Å². The molecule has 0 saturated heterocycles. The Kier molecular flexibility index (Phi) is 4.18. The molecule has 0 aliphatic carbocycles. The highest BCUT2D eigenvalue weighted by Crippen LogP contribution is 2.39. The van der Waals surface area contributed by atoms with Gasteiger partial charge in [-0.1, -0.05) is 51.1 Å². The molecular weight excluding hydrogens is 408 g/mol. The Labute approximate surface area is 191 Å². The number of aromatic nitrogens is 4. The van der Waals surface area contributed by atoms with E-state index in [1.165, 1.54) is 0 Å². The van der Waals surface area contributed by atoms with Gasteiger partial charge in [0.05, 0.1) is 22.3 Å². The highest BCUT2D eigenvalue weighted by atomic mass is 16.3. The van der Waals surface area contributed by atoms with Gasteiger partial charge in [0, 0.05) is 33.8 Å². The van der Waals surface area contributed by atoms with Crippen LogP contribution in [0.15, 0.2) is 77.3 Å². The van der Waals surface area contributed by atoms with Crippen molar-refractivity contribution < 1.29 is 4.42 Å². The lowest BCUT2D eigenvalue weighted by Crippen LogP contribution is -2.15. The van der Waals surface area contributed by atoms with Crippen molar-refractivity contribution in [2.75, 3.05) is 0 Å². The van der Waals surface area contributed by atoms with E-state index in [0.29, 0.717) is 5.71 Å². The van der Waals surface area contributed by atoms with Crippen LogP contribution in [0.2, 0.25) is 0 Å². The molecule has 0 spiro atoms. The first kappa shape index (κ1) is 19.7. The summed E-state index contributed by atoms with van der Waals surface area (Å²) < 4.78 is 8.53. The smallest absolute Gasteiger partial charge is 0.227 e. The van der Waals surface area contributed by atoms with Gasteiger partial charge in [0.1, 0.15) is 11.4 Å². The normalized spacial score (nSPS) is 12.2. The molecule has 5 nitrogen and oxygen atoms in total. The number of para-hydroxylation sites is 2. The fourth-order valence-electron chi connectivity index (χ4n) is 4.53. The largest absolute Gasteiger partial charge is 0.437 e. The molecule has 0 bridgehead atoms. The number of pyridine rings is 2. The maximum atomic E-state index is 6.32. The maximum absolute atomic E-state index is 6.32. The molecule has 33 heavy (non-hydrogen) atoms. The maximum Gasteiger partial charge on any atom is 0.227 e. The van der Waals surface area contributed by atoms with Crippen LogP contribution in [0, 0.1) is 6.92 Å². The van der Waals surface area contributed by atoms with Crippen molar-refractivity contribution in [3.05, 3.63) is 84.3 Å². The van der Waals surface area contributed by atoms with Crippen LogP contribution in [-0.4, -0.2) is 19.5 Å². The van der Waals surface area contributed by atoms with Gasteiger partial charge in [-0.05, 0) is 43.3 Å². The highest BCUT2D eigenvalue weighted by Gasteiger charge is 2.26. The van der Waals surface area contributed by atoms with Gasteiger partial charge in [-0.3, -0.25) is 9.55 Å². The number of nitrogens with zero attached hydrogens (tertiary/aromatic N) is 4. The summed E-state index contributed by atoms with van der Waals surface area (Å²) in [6.45, 7) is 8.53. The lowest BCUT2D eigenvalue weighted by molar-refractivity contribution is 0.573. The minimum atomic E-state index is -0.143. The molecule has 4 heterocycles. The van der Waals surface area contributed by atoms with Crippen LogP contribution in [-0.2, 0) is 5.41 Å². The average Bonchev–Trinajstić information content (AvgIpc) is 3.36. The molecule has 5 heteroatoms. The van der Waals surface area contributed by atoms with E-state index in [1.54, 1.807) is 0 Å². The average molecular weight is 433 g/mol. The summed E-state index contributed by atoms with van der Waals surface area (Å²) in [7, 11) is 0. The van der Waals surface area contributed by atoms with Gasteiger partial charge in [0.25, 0.3) is 0 Å². The van der Waals surface area contributed by atoms with Crippen molar-refractivity contribution in [2.45, 2.75) is 33.1 Å². The van der Waals surface area contributed by atoms with E-state index in [9.17, 15) is 0 Å². The first-order valence-electron chi connectivity index (χ1n) is 11.1. The minimum Gasteiger partial charge on any atom is -0.437 e. The van der Waals surface area contributed by atoms with Crippen molar-refractivity contribution in [3.63, 3.8) is 0 Å². The summed E-state index contributed by atoms with van der Waals surface area (Å²) in [5.74, 6) is 0.830. The Balaban J connectivity index is 1.76. The third-order valence-electron chi connectivity index (χ3n) is 6.03. The van der Waals surface area contributed by atoms with E-state index in [0.717, 1.165) is 55.9 Å². The van der Waals surface area contributed by atoms with Gasteiger partial charge in [0.2, 0.25) is 5.71 Å². The second-order valence-electron chi connectivity index (χ2n) is 9.47. The number of hydrogen-bond donors (Lipinski definition) is 0. The Morgan fingerprint density at radius 1 is 0.818 bits per heavy atom. The van der Waals surface area contributed by atoms with Crippen molar-refractivity contribution in [1.82, 2.24) is 19.5 Å². The van der Waals surface area contributed by atoms with Gasteiger partial charge in [0.15, 0.2) is 0 Å². The zero-order valence-corrected chi connectivity index (χ0v) is 19.1. The van der Waals surface area contributed by atoms with E-state index in [1.807, 2.05) is 43.5 Å². The van der Waals surface area contributed by atoms with Gasteiger partial charge in [-0.25, -0.2) is 9.97 Å². The van der Waals surface area contributed by atoms with Gasteiger partial charge < -0.3 is 4.42 Å². The Morgan fingerprint density at radius 2 is 1.64 bits per heavy atom. The lowest BCUT2D eigenvalue weighted by atomic mass is 9.90. The molecule has 162 valence electrons. The highest BCUT2D eigenvalue weighted by molar-refractivity contribution is 6.08. The number of hydrogen-bond acceptors (Lipinski definition) is 4. The van der Waals surface area contributed by atoms with E-state index < -0.39 is 0 Å². The van der Waals surface area contributed by atoms with Crippen LogP contribution in [0.4, 0.5) is 0 Å². The van der Waals surface area contributed by atoms with Gasteiger partial charge in [-0.2, -0.15) is 0 Å². The number of rotatable bonds is 2. The summed E-state index contributed by atoms with van der Waals surface area (Å²) in [5, 5.41) is 2.05. The van der Waals surface area contributed by atoms with E-state index in [-0.39, 0.29) is 5.41 Å². The summed E-state index contributed by atoms with van der Waals surface area (Å²) in [5.41, 5.74) is 7.15. The lowest BCUT2D eigenvalue weighted by Gasteiger charge is -2.20. The molecule has 0 atom stereocenters. The van der Waals surface area contributed by atoms with Crippen LogP contribution in [0.3, 0.4) is 0 Å². The van der Waals surface area contributed by atoms with Crippen molar-refractivity contribution in [1.29, 1.82) is 0 Å². The predicted molar refractivity (Wildman–Crippen MR) is 133 cm³/mol. The molecule has 0 aliphatic rings.